The van der Waals surface area contributed by atoms with E-state index in [4.69, 9.17) is 0 Å². The van der Waals surface area contributed by atoms with Gasteiger partial charge in [-0.25, -0.2) is 15.0 Å². The normalized spacial score (nSPS) is 12.6. The average Bonchev–Trinajstić information content (AvgIpc) is 2.58. The first kappa shape index (κ1) is 11.0. The molecule has 0 radical (unpaired) electrons. The van der Waals surface area contributed by atoms with Gasteiger partial charge >= 0.3 is 0 Å². The smallest absolute Gasteiger partial charge is 0.181 e. The number of H-pyrrole nitrogens is 1. The number of fused-ring (bicyclic) bond motifs is 1. The Bertz CT molecular complexity index is 505. The molecule has 0 aromatic carbocycles. The largest absolute Gasteiger partial charge is 0.339 e. The molecule has 16 heavy (non-hydrogen) atoms. The van der Waals surface area contributed by atoms with Gasteiger partial charge in [-0.3, -0.25) is 0 Å². The lowest BCUT2D eigenvalue weighted by Crippen LogP contribution is -2.13. The molecular weight excluding hydrogens is 200 g/mol. The first-order valence-corrected chi connectivity index (χ1v) is 5.61. The molecule has 2 heterocycles. The Kier molecular flexibility index (Phi) is 2.45. The van der Waals surface area contributed by atoms with Crippen molar-refractivity contribution in [2.75, 3.05) is 0 Å². The summed E-state index contributed by atoms with van der Waals surface area (Å²) in [6.07, 6.45) is 1.82. The topological polar surface area (TPSA) is 54.5 Å². The van der Waals surface area contributed by atoms with E-state index in [-0.39, 0.29) is 5.41 Å². The summed E-state index contributed by atoms with van der Waals surface area (Å²) in [4.78, 5) is 16.6. The molecule has 0 aliphatic carbocycles. The molecule has 0 atom stereocenters. The molecule has 4 heteroatoms. The zero-order valence-electron chi connectivity index (χ0n) is 10.5. The van der Waals surface area contributed by atoms with E-state index in [1.54, 1.807) is 0 Å². The number of nitrogens with zero attached hydrogens (tertiary/aromatic N) is 3. The highest BCUT2D eigenvalue weighted by Gasteiger charge is 2.19. The third-order valence-electron chi connectivity index (χ3n) is 2.48. The molecule has 0 fully saturated rings. The minimum atomic E-state index is 0.0126. The lowest BCUT2D eigenvalue weighted by atomic mass is 9.96. The van der Waals surface area contributed by atoms with Crippen molar-refractivity contribution in [1.29, 1.82) is 0 Å². The van der Waals surface area contributed by atoms with E-state index >= 15 is 0 Å². The summed E-state index contributed by atoms with van der Waals surface area (Å²) in [5.41, 5.74) is 1.69. The summed E-state index contributed by atoms with van der Waals surface area (Å²) in [5.74, 6) is 2.14. The molecule has 0 unspecified atom stereocenters. The Hall–Kier alpha value is -1.45. The highest BCUT2D eigenvalue weighted by Crippen LogP contribution is 2.21. The van der Waals surface area contributed by atoms with E-state index in [2.05, 4.69) is 54.6 Å². The van der Waals surface area contributed by atoms with Crippen molar-refractivity contribution in [2.45, 2.75) is 46.0 Å². The number of aromatic amines is 1. The first-order valence-electron chi connectivity index (χ1n) is 5.61. The van der Waals surface area contributed by atoms with E-state index in [0.29, 0.717) is 5.92 Å². The summed E-state index contributed by atoms with van der Waals surface area (Å²) in [6, 6.07) is 0. The molecule has 0 aliphatic rings. The van der Waals surface area contributed by atoms with Crippen LogP contribution in [0, 0.1) is 0 Å². The summed E-state index contributed by atoms with van der Waals surface area (Å²) in [6.45, 7) is 10.5. The number of hydrogen-bond acceptors (Lipinski definition) is 3. The summed E-state index contributed by atoms with van der Waals surface area (Å²) >= 11 is 0. The molecule has 0 spiro atoms. The molecule has 0 bridgehead atoms. The van der Waals surface area contributed by atoms with Crippen LogP contribution in [0.25, 0.3) is 11.2 Å². The van der Waals surface area contributed by atoms with Gasteiger partial charge in [0, 0.05) is 11.3 Å². The Balaban J connectivity index is 2.54. The van der Waals surface area contributed by atoms with Gasteiger partial charge < -0.3 is 4.98 Å². The van der Waals surface area contributed by atoms with Crippen molar-refractivity contribution in [1.82, 2.24) is 19.9 Å². The van der Waals surface area contributed by atoms with Gasteiger partial charge in [0.1, 0.15) is 17.2 Å². The zero-order chi connectivity index (χ0) is 11.9. The number of imidazole rings is 1. The van der Waals surface area contributed by atoms with E-state index in [0.717, 1.165) is 22.8 Å². The maximum Gasteiger partial charge on any atom is 0.181 e. The Morgan fingerprint density at radius 3 is 2.44 bits per heavy atom. The van der Waals surface area contributed by atoms with Gasteiger partial charge in [-0.1, -0.05) is 34.6 Å². The molecule has 2 rings (SSSR count). The number of aromatic nitrogens is 4. The quantitative estimate of drug-likeness (QED) is 0.800. The maximum absolute atomic E-state index is 4.52. The molecule has 0 aliphatic heterocycles. The highest BCUT2D eigenvalue weighted by molar-refractivity contribution is 5.69. The van der Waals surface area contributed by atoms with Gasteiger partial charge in [-0.15, -0.1) is 0 Å². The van der Waals surface area contributed by atoms with Crippen molar-refractivity contribution < 1.29 is 0 Å². The van der Waals surface area contributed by atoms with E-state index in [1.165, 1.54) is 0 Å². The van der Waals surface area contributed by atoms with Gasteiger partial charge in [-0.2, -0.15) is 0 Å². The Labute approximate surface area is 95.5 Å². The third kappa shape index (κ3) is 1.92. The monoisotopic (exact) mass is 218 g/mol. The Morgan fingerprint density at radius 2 is 1.88 bits per heavy atom. The third-order valence-corrected chi connectivity index (χ3v) is 2.48. The minimum absolute atomic E-state index is 0.0126. The Morgan fingerprint density at radius 1 is 1.19 bits per heavy atom. The molecule has 2 aromatic heterocycles. The van der Waals surface area contributed by atoms with E-state index < -0.39 is 0 Å². The maximum atomic E-state index is 4.52. The van der Waals surface area contributed by atoms with Crippen LogP contribution >= 0.6 is 0 Å². The van der Waals surface area contributed by atoms with Gasteiger partial charge in [-0.05, 0) is 0 Å². The number of hydrogen-bond donors (Lipinski definition) is 1. The second-order valence-corrected chi connectivity index (χ2v) is 5.46. The van der Waals surface area contributed by atoms with Crippen LogP contribution in [0.5, 0.6) is 0 Å². The van der Waals surface area contributed by atoms with Crippen LogP contribution in [0.15, 0.2) is 6.20 Å². The molecule has 0 saturated carbocycles. The predicted molar refractivity (Wildman–Crippen MR) is 64.5 cm³/mol. The fourth-order valence-corrected chi connectivity index (χ4v) is 1.45. The van der Waals surface area contributed by atoms with Crippen LogP contribution < -0.4 is 0 Å². The molecule has 2 aromatic rings. The molecule has 4 nitrogen and oxygen atoms in total. The van der Waals surface area contributed by atoms with Crippen molar-refractivity contribution in [3.63, 3.8) is 0 Å². The van der Waals surface area contributed by atoms with Crippen LogP contribution in [0.3, 0.4) is 0 Å². The van der Waals surface area contributed by atoms with Crippen LogP contribution in [0.4, 0.5) is 0 Å². The van der Waals surface area contributed by atoms with Gasteiger partial charge in [0.05, 0.1) is 6.20 Å². The first-order chi connectivity index (χ1) is 7.38. The highest BCUT2D eigenvalue weighted by atomic mass is 15.0. The standard InChI is InChI=1S/C12H18N4/c1-7(2)9-13-6-8-10(15-9)16-11(14-8)12(3,4)5/h6-7H,1-5H3,(H,13,14,15,16). The molecule has 0 amide bonds. The summed E-state index contributed by atoms with van der Waals surface area (Å²) in [5, 5.41) is 0. The van der Waals surface area contributed by atoms with Crippen molar-refractivity contribution in [3.05, 3.63) is 17.8 Å². The minimum Gasteiger partial charge on any atom is -0.339 e. The van der Waals surface area contributed by atoms with Crippen LogP contribution in [-0.4, -0.2) is 19.9 Å². The fraction of sp³-hybridized carbons (Fsp3) is 0.583. The number of rotatable bonds is 1. The lowest BCUT2D eigenvalue weighted by Gasteiger charge is -2.13. The van der Waals surface area contributed by atoms with Crippen LogP contribution in [-0.2, 0) is 5.41 Å². The molecule has 0 saturated heterocycles. The lowest BCUT2D eigenvalue weighted by molar-refractivity contribution is 0.554. The van der Waals surface area contributed by atoms with Crippen molar-refractivity contribution >= 4 is 11.2 Å². The van der Waals surface area contributed by atoms with Gasteiger partial charge in [0.25, 0.3) is 0 Å². The molecule has 86 valence electrons. The van der Waals surface area contributed by atoms with Crippen LogP contribution in [0.1, 0.15) is 52.2 Å². The molecular formula is C12H18N4. The van der Waals surface area contributed by atoms with E-state index in [9.17, 15) is 0 Å². The SMILES string of the molecule is CC(C)c1ncc2[nH]c(C(C)(C)C)nc2n1. The molecule has 1 N–H and O–H groups in total. The summed E-state index contributed by atoms with van der Waals surface area (Å²) in [7, 11) is 0. The number of nitrogens with one attached hydrogen (secondary N) is 1. The van der Waals surface area contributed by atoms with Gasteiger partial charge in [0.15, 0.2) is 5.65 Å². The zero-order valence-corrected chi connectivity index (χ0v) is 10.5. The second-order valence-electron chi connectivity index (χ2n) is 5.46. The average molecular weight is 218 g/mol. The van der Waals surface area contributed by atoms with Crippen molar-refractivity contribution in [3.8, 4) is 0 Å². The van der Waals surface area contributed by atoms with Crippen LogP contribution in [0.2, 0.25) is 0 Å². The second kappa shape index (κ2) is 3.54. The van der Waals surface area contributed by atoms with E-state index in [1.807, 2.05) is 6.20 Å². The van der Waals surface area contributed by atoms with Gasteiger partial charge in [0.2, 0.25) is 0 Å². The summed E-state index contributed by atoms with van der Waals surface area (Å²) < 4.78 is 0. The van der Waals surface area contributed by atoms with Crippen molar-refractivity contribution in [2.24, 2.45) is 0 Å². The predicted octanol–water partition coefficient (Wildman–Crippen LogP) is 2.77. The fourth-order valence-electron chi connectivity index (χ4n) is 1.45.